The van der Waals surface area contributed by atoms with Crippen LogP contribution in [0.2, 0.25) is 0 Å². The van der Waals surface area contributed by atoms with Crippen molar-refractivity contribution < 1.29 is 9.53 Å². The number of anilines is 1. The molecule has 0 saturated heterocycles. The summed E-state index contributed by atoms with van der Waals surface area (Å²) in [5, 5.41) is 2.80. The summed E-state index contributed by atoms with van der Waals surface area (Å²) in [6.45, 7) is 6.04. The molecule has 20 heavy (non-hydrogen) atoms. The molecule has 0 unspecified atom stereocenters. The molecule has 0 aliphatic carbocycles. The molecule has 2 rings (SSSR count). The van der Waals surface area contributed by atoms with Gasteiger partial charge in [-0.2, -0.15) is 0 Å². The van der Waals surface area contributed by atoms with E-state index in [4.69, 9.17) is 4.74 Å². The number of carbonyl (C=O) groups excluding carboxylic acids is 1. The lowest BCUT2D eigenvalue weighted by Crippen LogP contribution is -2.20. The molecular formula is C17H19NO2. The van der Waals surface area contributed by atoms with Crippen LogP contribution in [-0.2, 0) is 4.79 Å². The number of nitrogens with one attached hydrogen (secondary N) is 1. The van der Waals surface area contributed by atoms with Crippen molar-refractivity contribution in [3.8, 4) is 5.75 Å². The second kappa shape index (κ2) is 6.24. The highest BCUT2D eigenvalue weighted by Gasteiger charge is 2.08. The van der Waals surface area contributed by atoms with Crippen LogP contribution < -0.4 is 10.1 Å². The predicted molar refractivity (Wildman–Crippen MR) is 81.2 cm³/mol. The fourth-order valence-electron chi connectivity index (χ4n) is 2.25. The van der Waals surface area contributed by atoms with Gasteiger partial charge in [0.05, 0.1) is 0 Å². The molecule has 3 nitrogen and oxygen atoms in total. The maximum Gasteiger partial charge on any atom is 0.262 e. The van der Waals surface area contributed by atoms with Gasteiger partial charge in [0.15, 0.2) is 6.61 Å². The smallest absolute Gasteiger partial charge is 0.262 e. The quantitative estimate of drug-likeness (QED) is 0.920. The van der Waals surface area contributed by atoms with Gasteiger partial charge >= 0.3 is 0 Å². The summed E-state index contributed by atoms with van der Waals surface area (Å²) in [6.07, 6.45) is 0. The van der Waals surface area contributed by atoms with Gasteiger partial charge in [0.25, 0.3) is 5.91 Å². The van der Waals surface area contributed by atoms with Crippen LogP contribution in [0.25, 0.3) is 0 Å². The first kappa shape index (κ1) is 14.1. The molecule has 2 aromatic rings. The minimum atomic E-state index is -0.157. The summed E-state index contributed by atoms with van der Waals surface area (Å²) in [7, 11) is 0. The lowest BCUT2D eigenvalue weighted by molar-refractivity contribution is -0.118. The molecule has 0 aliphatic rings. The number of hydrogen-bond acceptors (Lipinski definition) is 2. The number of amides is 1. The number of benzene rings is 2. The number of hydrogen-bond donors (Lipinski definition) is 1. The Morgan fingerprint density at radius 3 is 2.25 bits per heavy atom. The zero-order valence-corrected chi connectivity index (χ0v) is 12.1. The Kier molecular flexibility index (Phi) is 4.41. The van der Waals surface area contributed by atoms with E-state index in [1.165, 1.54) is 5.56 Å². The van der Waals surface area contributed by atoms with Gasteiger partial charge in [-0.3, -0.25) is 4.79 Å². The second-order valence-electron chi connectivity index (χ2n) is 4.93. The van der Waals surface area contributed by atoms with Crippen LogP contribution in [0.4, 0.5) is 5.69 Å². The normalized spacial score (nSPS) is 10.2. The molecule has 2 aromatic carbocycles. The molecule has 1 amide bonds. The monoisotopic (exact) mass is 269 g/mol. The van der Waals surface area contributed by atoms with Gasteiger partial charge in [-0.1, -0.05) is 35.9 Å². The summed E-state index contributed by atoms with van der Waals surface area (Å²) in [5.41, 5.74) is 4.07. The third kappa shape index (κ3) is 3.60. The van der Waals surface area contributed by atoms with E-state index in [-0.39, 0.29) is 12.5 Å². The number of carbonyl (C=O) groups is 1. The van der Waals surface area contributed by atoms with Crippen molar-refractivity contribution in [2.75, 3.05) is 11.9 Å². The van der Waals surface area contributed by atoms with E-state index in [1.54, 1.807) is 0 Å². The Labute approximate surface area is 119 Å². The van der Waals surface area contributed by atoms with Gasteiger partial charge in [0, 0.05) is 5.69 Å². The molecule has 0 atom stereocenters. The lowest BCUT2D eigenvalue weighted by atomic mass is 10.1. The van der Waals surface area contributed by atoms with E-state index in [9.17, 15) is 4.79 Å². The molecule has 0 saturated carbocycles. The van der Waals surface area contributed by atoms with Crippen LogP contribution in [0.3, 0.4) is 0 Å². The van der Waals surface area contributed by atoms with E-state index >= 15 is 0 Å². The average Bonchev–Trinajstić information content (AvgIpc) is 2.38. The number of ether oxygens (including phenoxy) is 1. The maximum atomic E-state index is 11.8. The molecule has 0 aromatic heterocycles. The molecule has 104 valence electrons. The van der Waals surface area contributed by atoms with Gasteiger partial charge in [0.2, 0.25) is 0 Å². The summed E-state index contributed by atoms with van der Waals surface area (Å²) < 4.78 is 5.64. The molecule has 0 aliphatic heterocycles. The topological polar surface area (TPSA) is 38.3 Å². The summed E-state index contributed by atoms with van der Waals surface area (Å²) >= 11 is 0. The minimum Gasteiger partial charge on any atom is -0.483 e. The van der Waals surface area contributed by atoms with E-state index in [0.717, 1.165) is 22.6 Å². The Bertz CT molecular complexity index is 583. The standard InChI is InChI=1S/C17H19NO2/c1-12-9-13(2)17(14(3)10-12)20-11-16(19)18-15-7-5-4-6-8-15/h4-10H,11H2,1-3H3,(H,18,19). The largest absolute Gasteiger partial charge is 0.483 e. The van der Waals surface area contributed by atoms with Crippen molar-refractivity contribution in [3.05, 3.63) is 59.2 Å². The number of para-hydroxylation sites is 1. The van der Waals surface area contributed by atoms with Crippen molar-refractivity contribution in [2.45, 2.75) is 20.8 Å². The minimum absolute atomic E-state index is 0.0135. The van der Waals surface area contributed by atoms with E-state index < -0.39 is 0 Å². The van der Waals surface area contributed by atoms with Crippen molar-refractivity contribution in [3.63, 3.8) is 0 Å². The molecule has 0 heterocycles. The summed E-state index contributed by atoms with van der Waals surface area (Å²) in [6, 6.07) is 13.5. The predicted octanol–water partition coefficient (Wildman–Crippen LogP) is 3.63. The van der Waals surface area contributed by atoms with Gasteiger partial charge in [0.1, 0.15) is 5.75 Å². The van der Waals surface area contributed by atoms with E-state index in [2.05, 4.69) is 17.4 Å². The average molecular weight is 269 g/mol. The number of aryl methyl sites for hydroxylation is 3. The molecule has 1 N–H and O–H groups in total. The molecular weight excluding hydrogens is 250 g/mol. The number of rotatable bonds is 4. The summed E-state index contributed by atoms with van der Waals surface area (Å²) in [5.74, 6) is 0.634. The first-order chi connectivity index (χ1) is 9.56. The van der Waals surface area contributed by atoms with Crippen LogP contribution in [0.1, 0.15) is 16.7 Å². The van der Waals surface area contributed by atoms with E-state index in [1.807, 2.05) is 51.1 Å². The Balaban J connectivity index is 1.97. The Hall–Kier alpha value is -2.29. The maximum absolute atomic E-state index is 11.8. The van der Waals surface area contributed by atoms with Crippen molar-refractivity contribution >= 4 is 11.6 Å². The van der Waals surface area contributed by atoms with Crippen LogP contribution in [-0.4, -0.2) is 12.5 Å². The molecule has 0 bridgehead atoms. The second-order valence-corrected chi connectivity index (χ2v) is 4.93. The molecule has 0 spiro atoms. The first-order valence-corrected chi connectivity index (χ1v) is 6.62. The first-order valence-electron chi connectivity index (χ1n) is 6.62. The lowest BCUT2D eigenvalue weighted by Gasteiger charge is -2.13. The molecule has 0 fully saturated rings. The third-order valence-corrected chi connectivity index (χ3v) is 3.01. The fraction of sp³-hybridized carbons (Fsp3) is 0.235. The fourth-order valence-corrected chi connectivity index (χ4v) is 2.25. The molecule has 3 heteroatoms. The van der Waals surface area contributed by atoms with Crippen LogP contribution >= 0.6 is 0 Å². The Morgan fingerprint density at radius 2 is 1.65 bits per heavy atom. The highest BCUT2D eigenvalue weighted by Crippen LogP contribution is 2.24. The SMILES string of the molecule is Cc1cc(C)c(OCC(=O)Nc2ccccc2)c(C)c1. The van der Waals surface area contributed by atoms with Crippen molar-refractivity contribution in [1.29, 1.82) is 0 Å². The van der Waals surface area contributed by atoms with Crippen LogP contribution in [0.5, 0.6) is 5.75 Å². The third-order valence-electron chi connectivity index (χ3n) is 3.01. The summed E-state index contributed by atoms with van der Waals surface area (Å²) in [4.78, 5) is 11.8. The van der Waals surface area contributed by atoms with Crippen molar-refractivity contribution in [1.82, 2.24) is 0 Å². The van der Waals surface area contributed by atoms with Gasteiger partial charge in [-0.15, -0.1) is 0 Å². The van der Waals surface area contributed by atoms with Crippen molar-refractivity contribution in [2.24, 2.45) is 0 Å². The highest BCUT2D eigenvalue weighted by atomic mass is 16.5. The Morgan fingerprint density at radius 1 is 1.05 bits per heavy atom. The zero-order valence-electron chi connectivity index (χ0n) is 12.1. The zero-order chi connectivity index (χ0) is 14.5. The van der Waals surface area contributed by atoms with E-state index in [0.29, 0.717) is 0 Å². The molecule has 0 radical (unpaired) electrons. The van der Waals surface area contributed by atoms with Gasteiger partial charge in [-0.05, 0) is 44.0 Å². The van der Waals surface area contributed by atoms with Gasteiger partial charge < -0.3 is 10.1 Å². The van der Waals surface area contributed by atoms with Gasteiger partial charge in [-0.25, -0.2) is 0 Å². The highest BCUT2D eigenvalue weighted by molar-refractivity contribution is 5.91. The van der Waals surface area contributed by atoms with Crippen LogP contribution in [0.15, 0.2) is 42.5 Å². The van der Waals surface area contributed by atoms with Crippen LogP contribution in [0, 0.1) is 20.8 Å².